The van der Waals surface area contributed by atoms with Crippen LogP contribution in [0, 0.1) is 35.5 Å². The summed E-state index contributed by atoms with van der Waals surface area (Å²) in [5.74, 6) is -7.69. The number of hydrogen-bond acceptors (Lipinski definition) is 17. The molecule has 0 aromatic carbocycles. The highest BCUT2D eigenvalue weighted by atomic mass is 16.6. The number of piperidine rings is 1. The largest absolute Gasteiger partial charge is 0.460 e. The Hall–Kier alpha value is -3.89. The van der Waals surface area contributed by atoms with Crippen molar-refractivity contribution in [1.29, 1.82) is 0 Å². The highest BCUT2D eigenvalue weighted by Crippen LogP contribution is 2.38. The van der Waals surface area contributed by atoms with Gasteiger partial charge in [0.1, 0.15) is 30.5 Å². The fourth-order valence-electron chi connectivity index (χ4n) is 11.5. The Balaban J connectivity index is 1.56. The lowest BCUT2D eigenvalue weighted by molar-refractivity contribution is -0.265. The van der Waals surface area contributed by atoms with Crippen LogP contribution in [0.5, 0.6) is 0 Å². The third kappa shape index (κ3) is 21.1. The second-order valence-corrected chi connectivity index (χ2v) is 22.9. The van der Waals surface area contributed by atoms with E-state index in [1.165, 1.54) is 12.0 Å². The highest BCUT2D eigenvalue weighted by molar-refractivity contribution is 6.39. The number of Topliss-reactive ketones (excluding diaryl/α,β-unsaturated/α-hetero) is 2. The Kier molecular flexibility index (Phi) is 30.3. The lowest BCUT2D eigenvalue weighted by atomic mass is 9.78. The molecule has 456 valence electrons. The van der Waals surface area contributed by atoms with Crippen LogP contribution in [0.3, 0.4) is 0 Å². The molecular formula is C61H100N2O17. The lowest BCUT2D eigenvalue weighted by Gasteiger charge is -2.43. The van der Waals surface area contributed by atoms with Gasteiger partial charge in [0.2, 0.25) is 5.79 Å². The van der Waals surface area contributed by atoms with Gasteiger partial charge in [0.05, 0.1) is 57.5 Å². The first-order valence-electron chi connectivity index (χ1n) is 29.5. The smallest absolute Gasteiger partial charge is 0.407 e. The van der Waals surface area contributed by atoms with E-state index in [-0.39, 0.29) is 56.1 Å². The molecule has 2 bridgehead atoms. The number of ether oxygens (including phenoxy) is 9. The molecule has 4 N–H and O–H groups in total. The zero-order valence-corrected chi connectivity index (χ0v) is 50.0. The SMILES string of the molecule is CCCOCCOCCOCCNC(=O)O[C@@H]1CC[C@@H](C[C@@H](C)[C@@H]2C[C@@H](O)[C@H](C)/C=C(\C)[C@@H](O)[C@@H](OC)C(=O)[C@H](C)C[C@H](C)/C=C/C=C/C=C(\C)[C@@H](OC)C[C@@H]3CC[C@@H](C)[C@@](O)(O3)C(=O)C(=O)N3CCCC[C@H]3C(=O)O2)C[C@H]1OC. The van der Waals surface area contributed by atoms with E-state index in [4.69, 9.17) is 42.6 Å². The van der Waals surface area contributed by atoms with Crippen molar-refractivity contribution < 1.29 is 81.9 Å². The van der Waals surface area contributed by atoms with Gasteiger partial charge >= 0.3 is 12.1 Å². The van der Waals surface area contributed by atoms with E-state index in [1.54, 1.807) is 41.1 Å². The zero-order valence-electron chi connectivity index (χ0n) is 50.0. The van der Waals surface area contributed by atoms with Gasteiger partial charge in [-0.3, -0.25) is 14.4 Å². The Labute approximate surface area is 476 Å². The third-order valence-electron chi connectivity index (χ3n) is 16.5. The number of carbonyl (C=O) groups is 5. The predicted octanol–water partition coefficient (Wildman–Crippen LogP) is 7.17. The number of allylic oxidation sites excluding steroid dienone is 5. The highest BCUT2D eigenvalue weighted by Gasteiger charge is 2.53. The molecule has 0 spiro atoms. The summed E-state index contributed by atoms with van der Waals surface area (Å²) >= 11 is 0. The van der Waals surface area contributed by atoms with Crippen LogP contribution in [0.4, 0.5) is 4.79 Å². The van der Waals surface area contributed by atoms with Crippen molar-refractivity contribution in [3.05, 3.63) is 47.6 Å². The second kappa shape index (κ2) is 35.3. The number of carbonyl (C=O) groups excluding carboxylic acids is 5. The number of aliphatic hydroxyl groups is 3. The lowest BCUT2D eigenvalue weighted by Crippen LogP contribution is -2.61. The molecule has 19 heteroatoms. The van der Waals surface area contributed by atoms with Crippen LogP contribution >= 0.6 is 0 Å². The van der Waals surface area contributed by atoms with Crippen LogP contribution < -0.4 is 5.32 Å². The first-order chi connectivity index (χ1) is 38.2. The third-order valence-corrected chi connectivity index (χ3v) is 16.5. The number of nitrogens with one attached hydrogen (secondary N) is 1. The molecule has 1 aliphatic carbocycles. The first-order valence-corrected chi connectivity index (χ1v) is 29.5. The molecule has 2 amide bonds. The van der Waals surface area contributed by atoms with E-state index < -0.39 is 102 Å². The standard InChI is InChI=1S/C61H100N2O17/c1-12-27-75-29-31-77-32-30-76-28-25-62-60(70)79-50-24-22-46(36-53(50)73-10)35-42(5)52-38-49(64)41(4)34-44(7)55(66)56(74-11)54(65)43(6)33-39(2)18-14-13-15-19-40(3)51(72-9)37-47-23-21-45(8)61(71,80-47)57(67)58(68)63-26-17-16-20-48(63)59(69)78-52/h13-15,18-19,34,39,41-43,45-53,55-56,64,66,71H,12,16-17,20-33,35-38H2,1-11H3,(H,62,70)/b15-13+,18-14+,40-19+,44-34+/t39-,41-,42-,43-,45-,46+,47+,48+,49-,50-,51+,52+,53-,55-,56+,61-/m1/s1. The van der Waals surface area contributed by atoms with E-state index >= 15 is 0 Å². The maximum Gasteiger partial charge on any atom is 0.407 e. The van der Waals surface area contributed by atoms with Gasteiger partial charge in [0.25, 0.3) is 11.7 Å². The summed E-state index contributed by atoms with van der Waals surface area (Å²) in [6.45, 7) is 18.0. The number of amides is 2. The number of cyclic esters (lactones) is 1. The number of fused-ring (bicyclic) bond motifs is 3. The van der Waals surface area contributed by atoms with Crippen molar-refractivity contribution in [3.63, 3.8) is 0 Å². The molecule has 0 radical (unpaired) electrons. The van der Waals surface area contributed by atoms with Crippen molar-refractivity contribution in [1.82, 2.24) is 10.2 Å². The summed E-state index contributed by atoms with van der Waals surface area (Å²) in [7, 11) is 4.54. The van der Waals surface area contributed by atoms with Gasteiger partial charge in [0.15, 0.2) is 5.78 Å². The van der Waals surface area contributed by atoms with Gasteiger partial charge in [0, 0.05) is 71.6 Å². The molecule has 4 rings (SSSR count). The second-order valence-electron chi connectivity index (χ2n) is 22.9. The minimum Gasteiger partial charge on any atom is -0.460 e. The quantitative estimate of drug-likeness (QED) is 0.0460. The average Bonchev–Trinajstić information content (AvgIpc) is 3.49. The van der Waals surface area contributed by atoms with Crippen LogP contribution in [0.2, 0.25) is 0 Å². The molecule has 19 nitrogen and oxygen atoms in total. The summed E-state index contributed by atoms with van der Waals surface area (Å²) < 4.78 is 52.3. The molecule has 2 saturated heterocycles. The molecule has 0 aromatic heterocycles. The van der Waals surface area contributed by atoms with E-state index in [1.807, 2.05) is 65.0 Å². The van der Waals surface area contributed by atoms with E-state index in [9.17, 15) is 39.3 Å². The predicted molar refractivity (Wildman–Crippen MR) is 301 cm³/mol. The normalized spacial score (nSPS) is 35.9. The molecule has 80 heavy (non-hydrogen) atoms. The number of hydrogen-bond donors (Lipinski definition) is 4. The van der Waals surface area contributed by atoms with Gasteiger partial charge in [-0.25, -0.2) is 9.59 Å². The molecule has 1 saturated carbocycles. The van der Waals surface area contributed by atoms with Gasteiger partial charge in [-0.15, -0.1) is 0 Å². The summed E-state index contributed by atoms with van der Waals surface area (Å²) in [6, 6.07) is -1.16. The Morgan fingerprint density at radius 2 is 1.50 bits per heavy atom. The van der Waals surface area contributed by atoms with Crippen molar-refractivity contribution in [3.8, 4) is 0 Å². The maximum absolute atomic E-state index is 14.6. The number of nitrogens with zero attached hydrogens (tertiary/aromatic N) is 1. The molecule has 0 aromatic rings. The first kappa shape index (κ1) is 68.6. The number of methoxy groups -OCH3 is 3. The fourth-order valence-corrected chi connectivity index (χ4v) is 11.5. The Morgan fingerprint density at radius 1 is 0.800 bits per heavy atom. The van der Waals surface area contributed by atoms with Crippen molar-refractivity contribution in [2.24, 2.45) is 35.5 Å². The molecule has 4 aliphatic rings. The minimum atomic E-state index is -2.45. The zero-order chi connectivity index (χ0) is 58.9. The summed E-state index contributed by atoms with van der Waals surface area (Å²) in [5, 5.41) is 38.4. The number of alkyl carbamates (subject to hydrolysis) is 1. The maximum atomic E-state index is 14.6. The average molecular weight is 1130 g/mol. The summed E-state index contributed by atoms with van der Waals surface area (Å²) in [4.78, 5) is 71.4. The van der Waals surface area contributed by atoms with Crippen LogP contribution in [0.1, 0.15) is 139 Å². The van der Waals surface area contributed by atoms with E-state index in [0.717, 1.165) is 12.0 Å². The molecular weight excluding hydrogens is 1030 g/mol. The Bertz CT molecular complexity index is 2050. The fraction of sp³-hybridized carbons (Fsp3) is 0.787. The van der Waals surface area contributed by atoms with Gasteiger partial charge < -0.3 is 68.2 Å². The van der Waals surface area contributed by atoms with Gasteiger partial charge in [-0.2, -0.15) is 0 Å². The molecule has 3 aliphatic heterocycles. The Morgan fingerprint density at radius 3 is 2.17 bits per heavy atom. The van der Waals surface area contributed by atoms with Crippen LogP contribution in [0.25, 0.3) is 0 Å². The summed E-state index contributed by atoms with van der Waals surface area (Å²) in [6.07, 6.45) is 10.4. The molecule has 3 heterocycles. The molecule has 0 unspecified atom stereocenters. The van der Waals surface area contributed by atoms with Crippen LogP contribution in [-0.2, 0) is 61.8 Å². The van der Waals surface area contributed by atoms with E-state index in [2.05, 4.69) is 5.32 Å². The van der Waals surface area contributed by atoms with E-state index in [0.29, 0.717) is 103 Å². The topological polar surface area (TPSA) is 244 Å². The van der Waals surface area contributed by atoms with Crippen molar-refractivity contribution in [2.75, 3.05) is 74.1 Å². The monoisotopic (exact) mass is 1130 g/mol. The number of esters is 1. The number of ketones is 2. The van der Waals surface area contributed by atoms with Crippen LogP contribution in [-0.4, -0.2) is 184 Å². The number of rotatable bonds is 18. The van der Waals surface area contributed by atoms with Crippen LogP contribution in [0.15, 0.2) is 47.6 Å². The van der Waals surface area contributed by atoms with Gasteiger partial charge in [-0.1, -0.05) is 78.0 Å². The summed E-state index contributed by atoms with van der Waals surface area (Å²) in [5.41, 5.74) is 1.30. The number of aliphatic hydroxyl groups excluding tert-OH is 2. The molecule has 16 atom stereocenters. The van der Waals surface area contributed by atoms with Crippen molar-refractivity contribution in [2.45, 2.75) is 200 Å². The van der Waals surface area contributed by atoms with Crippen molar-refractivity contribution >= 4 is 29.5 Å². The minimum absolute atomic E-state index is 0.00983. The molecule has 3 fully saturated rings. The van der Waals surface area contributed by atoms with Gasteiger partial charge in [-0.05, 0) is 113 Å².